The van der Waals surface area contributed by atoms with Gasteiger partial charge in [0.05, 0.1) is 0 Å². The zero-order chi connectivity index (χ0) is 22.6. The van der Waals surface area contributed by atoms with E-state index < -0.39 is 0 Å². The lowest BCUT2D eigenvalue weighted by Gasteiger charge is -2.28. The van der Waals surface area contributed by atoms with E-state index in [1.165, 1.54) is 16.7 Å². The van der Waals surface area contributed by atoms with Crippen LogP contribution in [0.15, 0.2) is 24.3 Å². The van der Waals surface area contributed by atoms with Crippen molar-refractivity contribution in [1.82, 2.24) is 0 Å². The molecule has 0 spiro atoms. The third-order valence-corrected chi connectivity index (χ3v) is 5.54. The van der Waals surface area contributed by atoms with E-state index in [4.69, 9.17) is 0 Å². The van der Waals surface area contributed by atoms with E-state index in [2.05, 4.69) is 55.4 Å². The van der Waals surface area contributed by atoms with Crippen LogP contribution in [-0.2, 0) is 25.7 Å². The highest BCUT2D eigenvalue weighted by Crippen LogP contribution is 2.46. The molecule has 0 aliphatic rings. The molecule has 2 N–H and O–H groups in total. The first-order valence-electron chi connectivity index (χ1n) is 11.7. The van der Waals surface area contributed by atoms with Gasteiger partial charge < -0.3 is 10.2 Å². The summed E-state index contributed by atoms with van der Waals surface area (Å²) in [5, 5.41) is 22.3. The van der Waals surface area contributed by atoms with Gasteiger partial charge in [0.15, 0.2) is 0 Å². The first kappa shape index (κ1) is 24.3. The Labute approximate surface area is 184 Å². The first-order chi connectivity index (χ1) is 14.0. The number of rotatable bonds is 9. The maximum Gasteiger partial charge on any atom is 0.127 e. The van der Waals surface area contributed by atoms with Gasteiger partial charge in [-0.15, -0.1) is 0 Å². The normalized spacial score (nSPS) is 12.0. The van der Waals surface area contributed by atoms with Gasteiger partial charge in [0.2, 0.25) is 0 Å². The second-order valence-electron chi connectivity index (χ2n) is 10.5. The average Bonchev–Trinajstić information content (AvgIpc) is 2.61. The molecule has 0 atom stereocenters. The van der Waals surface area contributed by atoms with Gasteiger partial charge in [-0.25, -0.2) is 0 Å². The van der Waals surface area contributed by atoms with Crippen LogP contribution < -0.4 is 0 Å². The number of hydrogen-bond donors (Lipinski definition) is 2. The molecule has 0 heterocycles. The highest BCUT2D eigenvalue weighted by Gasteiger charge is 2.27. The fourth-order valence-electron chi connectivity index (χ4n) is 4.50. The molecule has 0 unspecified atom stereocenters. The van der Waals surface area contributed by atoms with Crippen molar-refractivity contribution in [3.05, 3.63) is 46.5 Å². The minimum absolute atomic E-state index is 0.236. The van der Waals surface area contributed by atoms with Crippen LogP contribution >= 0.6 is 0 Å². The zero-order valence-electron chi connectivity index (χ0n) is 20.3. The van der Waals surface area contributed by atoms with E-state index in [0.29, 0.717) is 29.4 Å². The van der Waals surface area contributed by atoms with Gasteiger partial charge in [-0.1, -0.05) is 73.6 Å². The van der Waals surface area contributed by atoms with Crippen LogP contribution in [-0.4, -0.2) is 10.2 Å². The van der Waals surface area contributed by atoms with Crippen molar-refractivity contribution in [1.29, 1.82) is 0 Å². The van der Waals surface area contributed by atoms with Crippen molar-refractivity contribution < 1.29 is 10.2 Å². The number of benzene rings is 2. The molecular formula is C28H42O2. The largest absolute Gasteiger partial charge is 0.507 e. The molecule has 0 amide bonds. The molecule has 0 fully saturated rings. The van der Waals surface area contributed by atoms with Crippen LogP contribution in [0.2, 0.25) is 0 Å². The predicted molar refractivity (Wildman–Crippen MR) is 129 cm³/mol. The smallest absolute Gasteiger partial charge is 0.127 e. The molecule has 166 valence electrons. The second kappa shape index (κ2) is 10.4. The summed E-state index contributed by atoms with van der Waals surface area (Å²) in [6.07, 6.45) is 3.72. The van der Waals surface area contributed by atoms with Gasteiger partial charge in [0.1, 0.15) is 11.5 Å². The minimum atomic E-state index is 0.236. The minimum Gasteiger partial charge on any atom is -0.507 e. The molecular weight excluding hydrogens is 368 g/mol. The predicted octanol–water partition coefficient (Wildman–Crippen LogP) is 7.56. The van der Waals surface area contributed by atoms with Crippen molar-refractivity contribution in [2.75, 3.05) is 0 Å². The highest BCUT2D eigenvalue weighted by atomic mass is 16.3. The number of para-hydroxylation sites is 1. The topological polar surface area (TPSA) is 40.5 Å². The van der Waals surface area contributed by atoms with Crippen molar-refractivity contribution in [2.24, 2.45) is 23.7 Å². The molecule has 2 rings (SSSR count). The van der Waals surface area contributed by atoms with Crippen molar-refractivity contribution in [3.63, 3.8) is 0 Å². The van der Waals surface area contributed by atoms with Crippen LogP contribution in [0.5, 0.6) is 11.5 Å². The Morgan fingerprint density at radius 2 is 0.967 bits per heavy atom. The fourth-order valence-corrected chi connectivity index (χ4v) is 4.50. The maximum absolute atomic E-state index is 11.7. The molecule has 0 saturated carbocycles. The zero-order valence-corrected chi connectivity index (χ0v) is 20.3. The molecule has 0 radical (unpaired) electrons. The summed E-state index contributed by atoms with van der Waals surface area (Å²) >= 11 is 0. The standard InChI is InChI=1S/C28H42O2/c1-17(2)13-22-23(14-18(3)4)25(16-20(7)8)28(30)27(24(22)15-19(5)6)21-11-9-10-12-26(21)29/h9-12,17-20,29-30H,13-16H2,1-8H3. The molecule has 0 aromatic heterocycles. The van der Waals surface area contributed by atoms with Gasteiger partial charge in [0.25, 0.3) is 0 Å². The van der Waals surface area contributed by atoms with E-state index in [1.54, 1.807) is 6.07 Å². The molecule has 0 bridgehead atoms. The summed E-state index contributed by atoms with van der Waals surface area (Å²) in [5.74, 6) is 2.56. The van der Waals surface area contributed by atoms with Crippen molar-refractivity contribution in [3.8, 4) is 22.6 Å². The third kappa shape index (κ3) is 5.80. The Balaban J connectivity index is 2.99. The number of phenols is 2. The first-order valence-corrected chi connectivity index (χ1v) is 11.7. The number of phenolic OH excluding ortho intramolecular Hbond substituents is 2. The third-order valence-electron chi connectivity index (χ3n) is 5.54. The monoisotopic (exact) mass is 410 g/mol. The van der Waals surface area contributed by atoms with Crippen LogP contribution in [0, 0.1) is 23.7 Å². The van der Waals surface area contributed by atoms with E-state index in [9.17, 15) is 10.2 Å². The van der Waals surface area contributed by atoms with Gasteiger partial charge in [-0.2, -0.15) is 0 Å². The Kier molecular flexibility index (Phi) is 8.41. The summed E-state index contributed by atoms with van der Waals surface area (Å²) in [6, 6.07) is 7.45. The van der Waals surface area contributed by atoms with Gasteiger partial charge in [-0.3, -0.25) is 0 Å². The Hall–Kier alpha value is -1.96. The molecule has 2 aromatic rings. The molecule has 30 heavy (non-hydrogen) atoms. The van der Waals surface area contributed by atoms with Crippen molar-refractivity contribution >= 4 is 0 Å². The number of hydrogen-bond acceptors (Lipinski definition) is 2. The van der Waals surface area contributed by atoms with Gasteiger partial charge in [-0.05, 0) is 77.7 Å². The molecule has 0 saturated heterocycles. The van der Waals surface area contributed by atoms with E-state index >= 15 is 0 Å². The van der Waals surface area contributed by atoms with Gasteiger partial charge >= 0.3 is 0 Å². The molecule has 0 aliphatic carbocycles. The lowest BCUT2D eigenvalue weighted by molar-refractivity contribution is 0.455. The van der Waals surface area contributed by atoms with Gasteiger partial charge in [0, 0.05) is 11.1 Å². The van der Waals surface area contributed by atoms with E-state index in [0.717, 1.165) is 42.4 Å². The fraction of sp³-hybridized carbons (Fsp3) is 0.571. The molecule has 2 heteroatoms. The van der Waals surface area contributed by atoms with E-state index in [1.807, 2.05) is 18.2 Å². The summed E-state index contributed by atoms with van der Waals surface area (Å²) in [4.78, 5) is 0. The Morgan fingerprint density at radius 1 is 0.567 bits per heavy atom. The number of aromatic hydroxyl groups is 2. The summed E-state index contributed by atoms with van der Waals surface area (Å²) in [5.41, 5.74) is 6.65. The quantitative estimate of drug-likeness (QED) is 0.448. The molecule has 2 aromatic carbocycles. The van der Waals surface area contributed by atoms with E-state index in [-0.39, 0.29) is 5.75 Å². The summed E-state index contributed by atoms with van der Waals surface area (Å²) in [7, 11) is 0. The maximum atomic E-state index is 11.7. The molecule has 0 aliphatic heterocycles. The van der Waals surface area contributed by atoms with Crippen LogP contribution in [0.1, 0.15) is 77.6 Å². The lowest BCUT2D eigenvalue weighted by Crippen LogP contribution is -2.15. The second-order valence-corrected chi connectivity index (χ2v) is 10.5. The highest BCUT2D eigenvalue weighted by molar-refractivity contribution is 5.82. The van der Waals surface area contributed by atoms with Crippen LogP contribution in [0.25, 0.3) is 11.1 Å². The van der Waals surface area contributed by atoms with Crippen LogP contribution in [0.4, 0.5) is 0 Å². The summed E-state index contributed by atoms with van der Waals surface area (Å²) in [6.45, 7) is 17.9. The summed E-state index contributed by atoms with van der Waals surface area (Å²) < 4.78 is 0. The van der Waals surface area contributed by atoms with Crippen molar-refractivity contribution in [2.45, 2.75) is 81.1 Å². The average molecular weight is 411 g/mol. The Bertz CT molecular complexity index is 844. The lowest BCUT2D eigenvalue weighted by atomic mass is 9.77. The molecule has 2 nitrogen and oxygen atoms in total. The Morgan fingerprint density at radius 3 is 1.43 bits per heavy atom. The van der Waals surface area contributed by atoms with Crippen LogP contribution in [0.3, 0.4) is 0 Å². The SMILES string of the molecule is CC(C)Cc1c(O)c(-c2ccccc2O)c(CC(C)C)c(CC(C)C)c1CC(C)C.